The van der Waals surface area contributed by atoms with Crippen LogP contribution in [0.2, 0.25) is 5.02 Å². The first kappa shape index (κ1) is 15.5. The van der Waals surface area contributed by atoms with Crippen LogP contribution in [0, 0.1) is 0 Å². The van der Waals surface area contributed by atoms with Gasteiger partial charge in [0.15, 0.2) is 0 Å². The highest BCUT2D eigenvalue weighted by atomic mass is 35.5. The zero-order chi connectivity index (χ0) is 13.5. The highest BCUT2D eigenvalue weighted by Crippen LogP contribution is 2.23. The number of hydrogen-bond acceptors (Lipinski definition) is 2. The van der Waals surface area contributed by atoms with Gasteiger partial charge >= 0.3 is 0 Å². The van der Waals surface area contributed by atoms with E-state index in [1.807, 2.05) is 19.2 Å². The van der Waals surface area contributed by atoms with Crippen LogP contribution in [0.5, 0.6) is 0 Å². The van der Waals surface area contributed by atoms with E-state index in [-0.39, 0.29) is 0 Å². The monoisotopic (exact) mass is 268 g/mol. The molecule has 0 aliphatic carbocycles. The molecule has 0 spiro atoms. The molecule has 2 unspecified atom stereocenters. The van der Waals surface area contributed by atoms with Crippen molar-refractivity contribution < 1.29 is 0 Å². The molecule has 1 aromatic carbocycles. The largest absolute Gasteiger partial charge is 0.318 e. The molecule has 18 heavy (non-hydrogen) atoms. The second-order valence-electron chi connectivity index (χ2n) is 4.89. The minimum Gasteiger partial charge on any atom is -0.318 e. The van der Waals surface area contributed by atoms with Crippen molar-refractivity contribution in [3.05, 3.63) is 34.9 Å². The Hall–Kier alpha value is -0.570. The number of rotatable bonds is 7. The maximum absolute atomic E-state index is 5.93. The molecule has 0 aliphatic heterocycles. The SMILES string of the molecule is CCCC(CNC)N(C)C(C)c1ccc(Cl)cc1. The van der Waals surface area contributed by atoms with Crippen molar-refractivity contribution in [3.8, 4) is 0 Å². The molecule has 0 fully saturated rings. The van der Waals surface area contributed by atoms with Crippen LogP contribution in [0.15, 0.2) is 24.3 Å². The Morgan fingerprint density at radius 1 is 1.28 bits per heavy atom. The predicted molar refractivity (Wildman–Crippen MR) is 80.3 cm³/mol. The third kappa shape index (κ3) is 4.27. The molecular weight excluding hydrogens is 244 g/mol. The van der Waals surface area contributed by atoms with Gasteiger partial charge in [-0.25, -0.2) is 0 Å². The molecule has 0 saturated heterocycles. The van der Waals surface area contributed by atoms with Gasteiger partial charge in [-0.15, -0.1) is 0 Å². The summed E-state index contributed by atoms with van der Waals surface area (Å²) in [6.07, 6.45) is 2.43. The highest BCUT2D eigenvalue weighted by Gasteiger charge is 2.19. The van der Waals surface area contributed by atoms with Gasteiger partial charge in [0, 0.05) is 23.7 Å². The van der Waals surface area contributed by atoms with Crippen LogP contribution in [0.25, 0.3) is 0 Å². The van der Waals surface area contributed by atoms with E-state index in [0.717, 1.165) is 11.6 Å². The quantitative estimate of drug-likeness (QED) is 0.811. The van der Waals surface area contributed by atoms with Crippen LogP contribution < -0.4 is 5.32 Å². The molecule has 0 aliphatic rings. The molecule has 0 aromatic heterocycles. The van der Waals surface area contributed by atoms with Crippen LogP contribution in [0.3, 0.4) is 0 Å². The lowest BCUT2D eigenvalue weighted by Crippen LogP contribution is -2.40. The Morgan fingerprint density at radius 2 is 1.89 bits per heavy atom. The van der Waals surface area contributed by atoms with E-state index < -0.39 is 0 Å². The van der Waals surface area contributed by atoms with Crippen molar-refractivity contribution in [2.24, 2.45) is 0 Å². The molecule has 1 N–H and O–H groups in total. The van der Waals surface area contributed by atoms with Crippen molar-refractivity contribution in [1.82, 2.24) is 10.2 Å². The van der Waals surface area contributed by atoms with Crippen LogP contribution in [-0.2, 0) is 0 Å². The van der Waals surface area contributed by atoms with E-state index >= 15 is 0 Å². The fraction of sp³-hybridized carbons (Fsp3) is 0.600. The van der Waals surface area contributed by atoms with Gasteiger partial charge in [0.2, 0.25) is 0 Å². The summed E-state index contributed by atoms with van der Waals surface area (Å²) in [7, 11) is 4.22. The van der Waals surface area contributed by atoms with Crippen molar-refractivity contribution >= 4 is 11.6 Å². The zero-order valence-corrected chi connectivity index (χ0v) is 12.7. The Bertz CT molecular complexity index is 331. The summed E-state index contributed by atoms with van der Waals surface area (Å²) in [4.78, 5) is 2.45. The second kappa shape index (κ2) is 7.78. The van der Waals surface area contributed by atoms with Gasteiger partial charge in [0.25, 0.3) is 0 Å². The summed E-state index contributed by atoms with van der Waals surface area (Å²) in [5.74, 6) is 0. The Labute approximate surface area is 116 Å². The summed E-state index contributed by atoms with van der Waals surface area (Å²) in [5.41, 5.74) is 1.32. The number of halogens is 1. The summed E-state index contributed by atoms with van der Waals surface area (Å²) in [6.45, 7) is 5.52. The zero-order valence-electron chi connectivity index (χ0n) is 11.9. The minimum atomic E-state index is 0.409. The maximum Gasteiger partial charge on any atom is 0.0406 e. The van der Waals surface area contributed by atoms with Gasteiger partial charge in [-0.1, -0.05) is 37.1 Å². The lowest BCUT2D eigenvalue weighted by molar-refractivity contribution is 0.173. The van der Waals surface area contributed by atoms with Crippen molar-refractivity contribution in [2.45, 2.75) is 38.8 Å². The molecular formula is C15H25ClN2. The third-order valence-electron chi connectivity index (χ3n) is 3.60. The fourth-order valence-electron chi connectivity index (χ4n) is 2.31. The average Bonchev–Trinajstić information content (AvgIpc) is 2.38. The number of likely N-dealkylation sites (N-methyl/N-ethyl adjacent to an activating group) is 2. The minimum absolute atomic E-state index is 0.409. The van der Waals surface area contributed by atoms with Gasteiger partial charge in [-0.3, -0.25) is 4.90 Å². The summed E-state index contributed by atoms with van der Waals surface area (Å²) in [5, 5.41) is 4.09. The molecule has 2 nitrogen and oxygen atoms in total. The molecule has 102 valence electrons. The topological polar surface area (TPSA) is 15.3 Å². The van der Waals surface area contributed by atoms with Gasteiger partial charge in [-0.2, -0.15) is 0 Å². The van der Waals surface area contributed by atoms with Crippen molar-refractivity contribution in [3.63, 3.8) is 0 Å². The Balaban J connectivity index is 2.73. The summed E-state index contributed by atoms with van der Waals surface area (Å²) >= 11 is 5.93. The van der Waals surface area contributed by atoms with Gasteiger partial charge in [-0.05, 0) is 45.1 Å². The van der Waals surface area contributed by atoms with Crippen molar-refractivity contribution in [1.29, 1.82) is 0 Å². The van der Waals surface area contributed by atoms with E-state index in [9.17, 15) is 0 Å². The molecule has 1 rings (SSSR count). The first-order valence-corrected chi connectivity index (χ1v) is 7.10. The Morgan fingerprint density at radius 3 is 2.39 bits per heavy atom. The maximum atomic E-state index is 5.93. The smallest absolute Gasteiger partial charge is 0.0406 e. The number of hydrogen-bond donors (Lipinski definition) is 1. The van der Waals surface area contributed by atoms with Crippen LogP contribution in [0.4, 0.5) is 0 Å². The normalized spacial score (nSPS) is 14.8. The van der Waals surface area contributed by atoms with Gasteiger partial charge in [0.1, 0.15) is 0 Å². The first-order valence-electron chi connectivity index (χ1n) is 6.72. The molecule has 0 amide bonds. The molecule has 2 atom stereocenters. The lowest BCUT2D eigenvalue weighted by Gasteiger charge is -2.33. The van der Waals surface area contributed by atoms with E-state index in [1.54, 1.807) is 0 Å². The lowest BCUT2D eigenvalue weighted by atomic mass is 10.0. The standard InChI is InChI=1S/C15H25ClN2/c1-5-6-15(11-17-3)18(4)12(2)13-7-9-14(16)10-8-13/h7-10,12,15,17H,5-6,11H2,1-4H3. The number of nitrogens with zero attached hydrogens (tertiary/aromatic N) is 1. The molecule has 1 aromatic rings. The molecule has 0 radical (unpaired) electrons. The molecule has 0 saturated carbocycles. The third-order valence-corrected chi connectivity index (χ3v) is 3.85. The Kier molecular flexibility index (Phi) is 6.69. The van der Waals surface area contributed by atoms with Crippen LogP contribution >= 0.6 is 11.6 Å². The summed E-state index contributed by atoms with van der Waals surface area (Å²) in [6, 6.07) is 9.15. The molecule has 0 bridgehead atoms. The van der Waals surface area contributed by atoms with Crippen LogP contribution in [-0.4, -0.2) is 31.6 Å². The molecule has 3 heteroatoms. The average molecular weight is 269 g/mol. The fourth-order valence-corrected chi connectivity index (χ4v) is 2.44. The summed E-state index contributed by atoms with van der Waals surface area (Å²) < 4.78 is 0. The van der Waals surface area contributed by atoms with Gasteiger partial charge in [0.05, 0.1) is 0 Å². The van der Waals surface area contributed by atoms with Gasteiger partial charge < -0.3 is 5.32 Å². The van der Waals surface area contributed by atoms with E-state index in [0.29, 0.717) is 12.1 Å². The highest BCUT2D eigenvalue weighted by molar-refractivity contribution is 6.30. The van der Waals surface area contributed by atoms with Crippen molar-refractivity contribution in [2.75, 3.05) is 20.6 Å². The van der Waals surface area contributed by atoms with Crippen LogP contribution in [0.1, 0.15) is 38.3 Å². The van der Waals surface area contributed by atoms with E-state index in [1.165, 1.54) is 18.4 Å². The number of nitrogens with one attached hydrogen (secondary N) is 1. The first-order chi connectivity index (χ1) is 8.60. The predicted octanol–water partition coefficient (Wildman–Crippen LogP) is 3.72. The van der Waals surface area contributed by atoms with E-state index in [2.05, 4.69) is 43.2 Å². The van der Waals surface area contributed by atoms with E-state index in [4.69, 9.17) is 11.6 Å². The number of benzene rings is 1. The second-order valence-corrected chi connectivity index (χ2v) is 5.33. The molecule has 0 heterocycles.